The lowest BCUT2D eigenvalue weighted by Crippen LogP contribution is -2.43. The van der Waals surface area contributed by atoms with Gasteiger partial charge < -0.3 is 10.4 Å². The molecule has 0 aromatic carbocycles. The number of likely N-dealkylation sites (N-methyl/N-ethyl adjacent to an activating group) is 1. The van der Waals surface area contributed by atoms with Gasteiger partial charge in [0.25, 0.3) is 0 Å². The summed E-state index contributed by atoms with van der Waals surface area (Å²) in [5, 5.41) is 12.0. The maximum absolute atomic E-state index is 10.9. The lowest BCUT2D eigenvalue weighted by molar-refractivity contribution is -0.141. The molecule has 1 aliphatic carbocycles. The molecule has 1 fully saturated rings. The molecule has 1 aliphatic rings. The molecule has 1 rings (SSSR count). The van der Waals surface area contributed by atoms with Crippen molar-refractivity contribution in [2.24, 2.45) is 5.92 Å². The second-order valence-corrected chi connectivity index (χ2v) is 3.77. The molecule has 0 aromatic rings. The first kappa shape index (κ1) is 10.5. The molecule has 3 nitrogen and oxygen atoms in total. The maximum Gasteiger partial charge on any atom is 0.320 e. The number of carboxylic acids is 1. The molecule has 76 valence electrons. The van der Waals surface area contributed by atoms with Crippen LogP contribution in [0.1, 0.15) is 39.0 Å². The van der Waals surface area contributed by atoms with E-state index in [0.717, 1.165) is 19.4 Å². The summed E-state index contributed by atoms with van der Waals surface area (Å²) in [6, 6.07) is -0.315. The Labute approximate surface area is 79.5 Å². The van der Waals surface area contributed by atoms with Crippen molar-refractivity contribution in [2.75, 3.05) is 6.54 Å². The van der Waals surface area contributed by atoms with Crippen molar-refractivity contribution in [3.8, 4) is 0 Å². The van der Waals surface area contributed by atoms with Crippen molar-refractivity contribution in [1.29, 1.82) is 0 Å². The molecular weight excluding hydrogens is 166 g/mol. The smallest absolute Gasteiger partial charge is 0.320 e. The molecule has 3 heteroatoms. The number of nitrogens with one attached hydrogen (secondary N) is 1. The average Bonchev–Trinajstić information content (AvgIpc) is 2.15. The van der Waals surface area contributed by atoms with Crippen LogP contribution in [0.5, 0.6) is 0 Å². The fourth-order valence-electron chi connectivity index (χ4n) is 2.14. The molecule has 1 atom stereocenters. The predicted octanol–water partition coefficient (Wildman–Crippen LogP) is 1.63. The third-order valence-electron chi connectivity index (χ3n) is 2.81. The molecule has 0 aliphatic heterocycles. The molecule has 0 spiro atoms. The van der Waals surface area contributed by atoms with Crippen LogP contribution in [0, 0.1) is 5.92 Å². The van der Waals surface area contributed by atoms with Crippen molar-refractivity contribution in [3.05, 3.63) is 0 Å². The van der Waals surface area contributed by atoms with Gasteiger partial charge in [0.2, 0.25) is 0 Å². The topological polar surface area (TPSA) is 49.3 Å². The Kier molecular flexibility index (Phi) is 4.22. The van der Waals surface area contributed by atoms with Gasteiger partial charge in [-0.3, -0.25) is 4.79 Å². The number of aliphatic carboxylic acids is 1. The van der Waals surface area contributed by atoms with E-state index in [1.807, 2.05) is 6.92 Å². The van der Waals surface area contributed by atoms with Crippen molar-refractivity contribution >= 4 is 5.97 Å². The zero-order valence-corrected chi connectivity index (χ0v) is 8.25. The zero-order valence-electron chi connectivity index (χ0n) is 8.25. The van der Waals surface area contributed by atoms with Crippen LogP contribution in [0.15, 0.2) is 0 Å². The highest BCUT2D eigenvalue weighted by molar-refractivity contribution is 5.73. The van der Waals surface area contributed by atoms with Gasteiger partial charge in [0.05, 0.1) is 0 Å². The molecule has 2 N–H and O–H groups in total. The minimum Gasteiger partial charge on any atom is -0.480 e. The van der Waals surface area contributed by atoms with Crippen LogP contribution < -0.4 is 5.32 Å². The molecule has 0 radical (unpaired) electrons. The van der Waals surface area contributed by atoms with Crippen LogP contribution in [0.25, 0.3) is 0 Å². The fourth-order valence-corrected chi connectivity index (χ4v) is 2.14. The molecule has 0 aromatic heterocycles. The van der Waals surface area contributed by atoms with E-state index in [1.165, 1.54) is 19.3 Å². The highest BCUT2D eigenvalue weighted by Crippen LogP contribution is 2.26. The van der Waals surface area contributed by atoms with Crippen LogP contribution >= 0.6 is 0 Å². The van der Waals surface area contributed by atoms with Gasteiger partial charge in [0.15, 0.2) is 0 Å². The Morgan fingerprint density at radius 2 is 2.08 bits per heavy atom. The third-order valence-corrected chi connectivity index (χ3v) is 2.81. The van der Waals surface area contributed by atoms with E-state index < -0.39 is 5.97 Å². The van der Waals surface area contributed by atoms with Crippen LogP contribution in [0.3, 0.4) is 0 Å². The Morgan fingerprint density at radius 1 is 1.46 bits per heavy atom. The van der Waals surface area contributed by atoms with Crippen molar-refractivity contribution in [2.45, 2.75) is 45.1 Å². The first-order valence-electron chi connectivity index (χ1n) is 5.22. The molecule has 13 heavy (non-hydrogen) atoms. The van der Waals surface area contributed by atoms with Gasteiger partial charge in [-0.15, -0.1) is 0 Å². The van der Waals surface area contributed by atoms with E-state index in [9.17, 15) is 4.79 Å². The normalized spacial score (nSPS) is 21.3. The summed E-state index contributed by atoms with van der Waals surface area (Å²) >= 11 is 0. The lowest BCUT2D eigenvalue weighted by atomic mass is 9.84. The van der Waals surface area contributed by atoms with Crippen molar-refractivity contribution in [3.63, 3.8) is 0 Å². The summed E-state index contributed by atoms with van der Waals surface area (Å²) in [5.41, 5.74) is 0. The van der Waals surface area contributed by atoms with Crippen LogP contribution in [0.4, 0.5) is 0 Å². The average molecular weight is 185 g/mol. The second kappa shape index (κ2) is 5.22. The summed E-state index contributed by atoms with van der Waals surface area (Å²) < 4.78 is 0. The van der Waals surface area contributed by atoms with E-state index in [-0.39, 0.29) is 6.04 Å². The van der Waals surface area contributed by atoms with E-state index in [1.54, 1.807) is 0 Å². The van der Waals surface area contributed by atoms with Crippen LogP contribution in [-0.2, 0) is 4.79 Å². The number of carboxylic acid groups (broad SMARTS) is 1. The molecule has 0 amide bonds. The summed E-state index contributed by atoms with van der Waals surface area (Å²) in [7, 11) is 0. The summed E-state index contributed by atoms with van der Waals surface area (Å²) in [6.45, 7) is 2.70. The minimum absolute atomic E-state index is 0.315. The molecule has 0 heterocycles. The molecule has 0 unspecified atom stereocenters. The monoisotopic (exact) mass is 185 g/mol. The molecule has 1 saturated carbocycles. The van der Waals surface area contributed by atoms with Crippen molar-refractivity contribution in [1.82, 2.24) is 5.32 Å². The third kappa shape index (κ3) is 2.99. The number of carbonyl (C=O) groups is 1. The summed E-state index contributed by atoms with van der Waals surface area (Å²) in [6.07, 6.45) is 5.81. The Morgan fingerprint density at radius 3 is 2.54 bits per heavy atom. The lowest BCUT2D eigenvalue weighted by Gasteiger charge is -2.27. The predicted molar refractivity (Wildman–Crippen MR) is 51.7 cm³/mol. The number of rotatable bonds is 4. The Hall–Kier alpha value is -0.570. The largest absolute Gasteiger partial charge is 0.480 e. The number of hydrogen-bond acceptors (Lipinski definition) is 2. The zero-order chi connectivity index (χ0) is 9.68. The van der Waals surface area contributed by atoms with E-state index in [2.05, 4.69) is 5.32 Å². The summed E-state index contributed by atoms with van der Waals surface area (Å²) in [5.74, 6) is -0.333. The Balaban J connectivity index is 2.46. The standard InChI is InChI=1S/C10H19NO2/c1-2-11-9(10(12)13)8-6-4-3-5-7-8/h8-9,11H,2-7H2,1H3,(H,12,13)/t9-/m1/s1. The first-order valence-corrected chi connectivity index (χ1v) is 5.22. The quantitative estimate of drug-likeness (QED) is 0.700. The summed E-state index contributed by atoms with van der Waals surface area (Å²) in [4.78, 5) is 10.9. The van der Waals surface area contributed by atoms with E-state index in [0.29, 0.717) is 5.92 Å². The van der Waals surface area contributed by atoms with Crippen LogP contribution in [-0.4, -0.2) is 23.7 Å². The van der Waals surface area contributed by atoms with E-state index in [4.69, 9.17) is 5.11 Å². The van der Waals surface area contributed by atoms with E-state index >= 15 is 0 Å². The fraction of sp³-hybridized carbons (Fsp3) is 0.900. The maximum atomic E-state index is 10.9. The highest BCUT2D eigenvalue weighted by Gasteiger charge is 2.28. The van der Waals surface area contributed by atoms with Crippen molar-refractivity contribution < 1.29 is 9.90 Å². The minimum atomic E-state index is -0.686. The van der Waals surface area contributed by atoms with Gasteiger partial charge >= 0.3 is 5.97 Å². The van der Waals surface area contributed by atoms with Gasteiger partial charge in [-0.2, -0.15) is 0 Å². The van der Waals surface area contributed by atoms with Gasteiger partial charge in [0, 0.05) is 0 Å². The van der Waals surface area contributed by atoms with Gasteiger partial charge in [0.1, 0.15) is 6.04 Å². The Bertz CT molecular complexity index is 164. The van der Waals surface area contributed by atoms with Gasteiger partial charge in [-0.05, 0) is 25.3 Å². The molecule has 0 bridgehead atoms. The number of hydrogen-bond donors (Lipinski definition) is 2. The molecule has 0 saturated heterocycles. The SMILES string of the molecule is CCN[C@@H](C(=O)O)C1CCCCC1. The van der Waals surface area contributed by atoms with Crippen LogP contribution in [0.2, 0.25) is 0 Å². The highest BCUT2D eigenvalue weighted by atomic mass is 16.4. The van der Waals surface area contributed by atoms with Gasteiger partial charge in [-0.25, -0.2) is 0 Å². The molecular formula is C10H19NO2. The second-order valence-electron chi connectivity index (χ2n) is 3.77. The first-order chi connectivity index (χ1) is 6.25. The van der Waals surface area contributed by atoms with Gasteiger partial charge in [-0.1, -0.05) is 26.2 Å².